The molecule has 7 nitrogen and oxygen atoms in total. The molecular weight excluding hydrogens is 511 g/mol. The summed E-state index contributed by atoms with van der Waals surface area (Å²) in [5, 5.41) is 2.78. The summed E-state index contributed by atoms with van der Waals surface area (Å²) >= 11 is 0. The number of carbonyl (C=O) groups is 2. The van der Waals surface area contributed by atoms with Crippen molar-refractivity contribution >= 4 is 17.7 Å². The Labute approximate surface area is 225 Å². The lowest BCUT2D eigenvalue weighted by Crippen LogP contribution is -2.50. The normalized spacial score (nSPS) is 15.0. The number of urea groups is 1. The molecule has 1 fully saturated rings. The summed E-state index contributed by atoms with van der Waals surface area (Å²) in [6.07, 6.45) is -5.08. The predicted molar refractivity (Wildman–Crippen MR) is 140 cm³/mol. The van der Waals surface area contributed by atoms with Crippen LogP contribution in [0.15, 0.2) is 78.9 Å². The van der Waals surface area contributed by atoms with E-state index in [-0.39, 0.29) is 11.6 Å². The van der Waals surface area contributed by atoms with E-state index in [1.54, 1.807) is 35.2 Å². The van der Waals surface area contributed by atoms with Crippen LogP contribution in [0, 0.1) is 0 Å². The summed E-state index contributed by atoms with van der Waals surface area (Å²) in [7, 11) is 1.28. The number of nitrogens with zero attached hydrogens (tertiary/aromatic N) is 2. The van der Waals surface area contributed by atoms with E-state index < -0.39 is 23.8 Å². The van der Waals surface area contributed by atoms with E-state index in [1.165, 1.54) is 13.2 Å². The number of alkyl halides is 3. The van der Waals surface area contributed by atoms with Crippen molar-refractivity contribution < 1.29 is 32.2 Å². The van der Waals surface area contributed by atoms with Crippen molar-refractivity contribution in [1.29, 1.82) is 0 Å². The van der Waals surface area contributed by atoms with Crippen LogP contribution in [0.4, 0.5) is 23.7 Å². The molecule has 3 aromatic rings. The molecule has 39 heavy (non-hydrogen) atoms. The maximum Gasteiger partial charge on any atom is 0.416 e. The van der Waals surface area contributed by atoms with Gasteiger partial charge in [0, 0.05) is 32.7 Å². The minimum absolute atomic E-state index is 0.276. The van der Waals surface area contributed by atoms with Crippen molar-refractivity contribution in [2.45, 2.75) is 12.3 Å². The molecule has 0 spiro atoms. The second kappa shape index (κ2) is 12.8. The molecule has 2 amide bonds. The second-order valence-electron chi connectivity index (χ2n) is 9.08. The average molecular weight is 542 g/mol. The fraction of sp³-hybridized carbons (Fsp3) is 0.310. The Balaban J connectivity index is 1.32. The molecule has 1 atom stereocenters. The number of esters is 1. The van der Waals surface area contributed by atoms with Crippen LogP contribution in [-0.2, 0) is 15.7 Å². The van der Waals surface area contributed by atoms with E-state index in [2.05, 4.69) is 10.2 Å². The number of anilines is 1. The molecular formula is C29H30F3N3O4. The lowest BCUT2D eigenvalue weighted by molar-refractivity contribution is -0.137. The monoisotopic (exact) mass is 541 g/mol. The average Bonchev–Trinajstić information content (AvgIpc) is 2.95. The first-order valence-corrected chi connectivity index (χ1v) is 12.6. The number of nitrogens with one attached hydrogen (secondary N) is 1. The van der Waals surface area contributed by atoms with Gasteiger partial charge in [0.25, 0.3) is 0 Å². The number of methoxy groups -OCH3 is 1. The summed E-state index contributed by atoms with van der Waals surface area (Å²) in [6, 6.07) is 20.7. The van der Waals surface area contributed by atoms with Gasteiger partial charge in [-0.05, 0) is 35.4 Å². The van der Waals surface area contributed by atoms with Gasteiger partial charge in [-0.1, -0.05) is 54.6 Å². The van der Waals surface area contributed by atoms with E-state index >= 15 is 0 Å². The fourth-order valence-corrected chi connectivity index (χ4v) is 4.44. The first kappa shape index (κ1) is 28.1. The maximum atomic E-state index is 13.3. The number of rotatable bonds is 8. The third-order valence-electron chi connectivity index (χ3n) is 6.54. The van der Waals surface area contributed by atoms with Crippen molar-refractivity contribution in [3.8, 4) is 0 Å². The fourth-order valence-electron chi connectivity index (χ4n) is 4.44. The van der Waals surface area contributed by atoms with E-state index in [0.717, 1.165) is 17.7 Å². The molecule has 3 aromatic carbocycles. The third-order valence-corrected chi connectivity index (χ3v) is 6.54. The summed E-state index contributed by atoms with van der Waals surface area (Å²) in [5.41, 5.74) is 1.15. The zero-order valence-electron chi connectivity index (χ0n) is 21.5. The van der Waals surface area contributed by atoms with E-state index in [4.69, 9.17) is 9.47 Å². The standard InChI is InChI=1S/C29H30F3N3O4/c1-38-27(36)24-12-5-6-13-25(24)33-28(37)35-16-14-34(15-17-35)18-19-39-26(21-8-3-2-4-9-21)22-10-7-11-23(20-22)29(30,31)32/h2-13,20,26H,14-19H2,1H3,(H,33,37)/t26-/m0/s1. The van der Waals surface area contributed by atoms with Crippen LogP contribution in [0.1, 0.15) is 33.2 Å². The minimum atomic E-state index is -4.44. The summed E-state index contributed by atoms with van der Waals surface area (Å²) < 4.78 is 50.8. The third kappa shape index (κ3) is 7.36. The van der Waals surface area contributed by atoms with Crippen LogP contribution in [0.2, 0.25) is 0 Å². The molecule has 0 radical (unpaired) electrons. The predicted octanol–water partition coefficient (Wildman–Crippen LogP) is 5.45. The van der Waals surface area contributed by atoms with Gasteiger partial charge in [-0.15, -0.1) is 0 Å². The van der Waals surface area contributed by atoms with Gasteiger partial charge in [0.15, 0.2) is 0 Å². The molecule has 0 aliphatic carbocycles. The summed E-state index contributed by atoms with van der Waals surface area (Å²) in [4.78, 5) is 28.6. The van der Waals surface area contributed by atoms with Crippen molar-refractivity contribution in [3.63, 3.8) is 0 Å². The van der Waals surface area contributed by atoms with Gasteiger partial charge in [-0.3, -0.25) is 4.90 Å². The topological polar surface area (TPSA) is 71.1 Å². The second-order valence-corrected chi connectivity index (χ2v) is 9.08. The Hall–Kier alpha value is -3.89. The van der Waals surface area contributed by atoms with Gasteiger partial charge in [-0.25, -0.2) is 9.59 Å². The minimum Gasteiger partial charge on any atom is -0.465 e. The molecule has 1 aliphatic rings. The Morgan fingerprint density at radius 1 is 0.897 bits per heavy atom. The van der Waals surface area contributed by atoms with Crippen molar-refractivity contribution in [3.05, 3.63) is 101 Å². The molecule has 4 rings (SSSR count). The number of amides is 2. The van der Waals surface area contributed by atoms with Crippen molar-refractivity contribution in [2.24, 2.45) is 0 Å². The SMILES string of the molecule is COC(=O)c1ccccc1NC(=O)N1CCN(CCO[C@@H](c2ccccc2)c2cccc(C(F)(F)F)c2)CC1. The highest BCUT2D eigenvalue weighted by molar-refractivity contribution is 6.00. The highest BCUT2D eigenvalue weighted by atomic mass is 19.4. The molecule has 206 valence electrons. The number of hydrogen-bond donors (Lipinski definition) is 1. The number of para-hydroxylation sites is 1. The quantitative estimate of drug-likeness (QED) is 0.384. The molecule has 1 N–H and O–H groups in total. The number of hydrogen-bond acceptors (Lipinski definition) is 5. The van der Waals surface area contributed by atoms with Gasteiger partial charge >= 0.3 is 18.2 Å². The van der Waals surface area contributed by atoms with Crippen molar-refractivity contribution in [2.75, 3.05) is 51.8 Å². The lowest BCUT2D eigenvalue weighted by Gasteiger charge is -2.35. The van der Waals surface area contributed by atoms with Gasteiger partial charge in [0.05, 0.1) is 30.5 Å². The zero-order chi connectivity index (χ0) is 27.8. The Morgan fingerprint density at radius 3 is 2.26 bits per heavy atom. The molecule has 0 aromatic heterocycles. The molecule has 0 unspecified atom stereocenters. The number of benzene rings is 3. The number of piperazine rings is 1. The molecule has 10 heteroatoms. The first-order valence-electron chi connectivity index (χ1n) is 12.6. The smallest absolute Gasteiger partial charge is 0.416 e. The summed E-state index contributed by atoms with van der Waals surface area (Å²) in [5.74, 6) is -0.533. The number of carbonyl (C=O) groups excluding carboxylic acids is 2. The van der Waals surface area contributed by atoms with Gasteiger partial charge < -0.3 is 19.7 Å². The van der Waals surface area contributed by atoms with E-state index in [1.807, 2.05) is 30.3 Å². The van der Waals surface area contributed by atoms with Crippen LogP contribution >= 0.6 is 0 Å². The largest absolute Gasteiger partial charge is 0.465 e. The zero-order valence-corrected chi connectivity index (χ0v) is 21.5. The number of halogens is 3. The molecule has 1 heterocycles. The van der Waals surface area contributed by atoms with Crippen LogP contribution < -0.4 is 5.32 Å². The van der Waals surface area contributed by atoms with E-state index in [0.29, 0.717) is 50.6 Å². The molecule has 1 saturated heterocycles. The molecule has 0 saturated carbocycles. The van der Waals surface area contributed by atoms with Crippen LogP contribution in [0.25, 0.3) is 0 Å². The maximum absolute atomic E-state index is 13.3. The molecule has 0 bridgehead atoms. The van der Waals surface area contributed by atoms with E-state index in [9.17, 15) is 22.8 Å². The van der Waals surface area contributed by atoms with Crippen LogP contribution in [-0.4, -0.2) is 68.2 Å². The number of ether oxygens (including phenoxy) is 2. The van der Waals surface area contributed by atoms with Gasteiger partial charge in [0.1, 0.15) is 6.10 Å². The Bertz CT molecular complexity index is 1260. The van der Waals surface area contributed by atoms with Gasteiger partial charge in [-0.2, -0.15) is 13.2 Å². The first-order chi connectivity index (χ1) is 18.8. The highest BCUT2D eigenvalue weighted by Crippen LogP contribution is 2.33. The van der Waals surface area contributed by atoms with Crippen LogP contribution in [0.5, 0.6) is 0 Å². The van der Waals surface area contributed by atoms with Crippen molar-refractivity contribution in [1.82, 2.24) is 9.80 Å². The van der Waals surface area contributed by atoms with Crippen LogP contribution in [0.3, 0.4) is 0 Å². The Morgan fingerprint density at radius 2 is 1.56 bits per heavy atom. The lowest BCUT2D eigenvalue weighted by atomic mass is 9.99. The Kier molecular flexibility index (Phi) is 9.21. The summed E-state index contributed by atoms with van der Waals surface area (Å²) in [6.45, 7) is 3.02. The van der Waals surface area contributed by atoms with Gasteiger partial charge in [0.2, 0.25) is 0 Å². The molecule has 1 aliphatic heterocycles. The highest BCUT2D eigenvalue weighted by Gasteiger charge is 2.31.